The molecule has 3 rings (SSSR count). The first-order valence-corrected chi connectivity index (χ1v) is 8.02. The van der Waals surface area contributed by atoms with E-state index in [1.807, 2.05) is 54.6 Å². The Hall–Kier alpha value is -3.08. The Morgan fingerprint density at radius 3 is 2.40 bits per heavy atom. The minimum Gasteiger partial charge on any atom is -0.489 e. The van der Waals surface area contributed by atoms with Crippen molar-refractivity contribution in [1.29, 1.82) is 0 Å². The lowest BCUT2D eigenvalue weighted by Crippen LogP contribution is -2.35. The third kappa shape index (κ3) is 3.71. The molecule has 0 aliphatic rings. The minimum absolute atomic E-state index is 0.519. The Bertz CT molecular complexity index is 852. The third-order valence-corrected chi connectivity index (χ3v) is 4.11. The van der Waals surface area contributed by atoms with Crippen molar-refractivity contribution in [2.75, 3.05) is 0 Å². The van der Waals surface area contributed by atoms with Crippen LogP contribution in [0, 0.1) is 0 Å². The highest BCUT2D eigenvalue weighted by Gasteiger charge is 2.30. The van der Waals surface area contributed by atoms with Crippen LogP contribution in [0.15, 0.2) is 67.0 Å². The summed E-state index contributed by atoms with van der Waals surface area (Å²) < 4.78 is 7.24. The molecular weight excluding hydrogens is 316 g/mol. The zero-order valence-corrected chi connectivity index (χ0v) is 14.2. The highest BCUT2D eigenvalue weighted by atomic mass is 16.5. The lowest BCUT2D eigenvalue weighted by atomic mass is 10.1. The Morgan fingerprint density at radius 2 is 1.76 bits per heavy atom. The number of carboxylic acids is 1. The summed E-state index contributed by atoms with van der Waals surface area (Å²) in [7, 11) is 0. The van der Waals surface area contributed by atoms with Crippen LogP contribution in [0.1, 0.15) is 19.4 Å². The fraction of sp³-hybridized carbons (Fsp3) is 0.200. The molecule has 0 saturated heterocycles. The SMILES string of the molecule is CC(C)(C(=O)O)n1cc(-c2ccc(OCc3ccccc3)cc2)cn1. The summed E-state index contributed by atoms with van der Waals surface area (Å²) in [6, 6.07) is 17.7. The second-order valence-electron chi connectivity index (χ2n) is 6.34. The van der Waals surface area contributed by atoms with E-state index in [0.717, 1.165) is 22.4 Å². The molecule has 1 aromatic heterocycles. The lowest BCUT2D eigenvalue weighted by Gasteiger charge is -2.19. The number of hydrogen-bond acceptors (Lipinski definition) is 3. The molecule has 0 saturated carbocycles. The Morgan fingerprint density at radius 1 is 1.08 bits per heavy atom. The van der Waals surface area contributed by atoms with Crippen LogP contribution >= 0.6 is 0 Å². The van der Waals surface area contributed by atoms with Gasteiger partial charge in [-0.1, -0.05) is 42.5 Å². The molecule has 1 heterocycles. The molecule has 5 nitrogen and oxygen atoms in total. The second kappa shape index (κ2) is 6.81. The lowest BCUT2D eigenvalue weighted by molar-refractivity contribution is -0.146. The molecule has 0 spiro atoms. The predicted octanol–water partition coefficient (Wildman–Crippen LogP) is 3.95. The predicted molar refractivity (Wildman–Crippen MR) is 95.4 cm³/mol. The van der Waals surface area contributed by atoms with E-state index in [0.29, 0.717) is 6.61 Å². The van der Waals surface area contributed by atoms with Gasteiger partial charge in [0.15, 0.2) is 5.54 Å². The molecule has 5 heteroatoms. The van der Waals surface area contributed by atoms with Gasteiger partial charge in [0, 0.05) is 11.8 Å². The topological polar surface area (TPSA) is 64.3 Å². The Kier molecular flexibility index (Phi) is 4.57. The minimum atomic E-state index is -1.09. The highest BCUT2D eigenvalue weighted by molar-refractivity contribution is 5.76. The van der Waals surface area contributed by atoms with Crippen molar-refractivity contribution in [3.05, 3.63) is 72.6 Å². The van der Waals surface area contributed by atoms with E-state index in [1.165, 1.54) is 4.68 Å². The number of benzene rings is 2. The number of hydrogen-bond donors (Lipinski definition) is 1. The Labute approximate surface area is 146 Å². The zero-order chi connectivity index (χ0) is 17.9. The van der Waals surface area contributed by atoms with Crippen LogP contribution in [0.4, 0.5) is 0 Å². The molecule has 128 valence electrons. The summed E-state index contributed by atoms with van der Waals surface area (Å²) >= 11 is 0. The molecule has 0 radical (unpaired) electrons. The zero-order valence-electron chi connectivity index (χ0n) is 14.2. The van der Waals surface area contributed by atoms with Gasteiger partial charge in [-0.15, -0.1) is 0 Å². The van der Waals surface area contributed by atoms with Crippen molar-refractivity contribution in [3.8, 4) is 16.9 Å². The van der Waals surface area contributed by atoms with Crippen LogP contribution in [-0.4, -0.2) is 20.9 Å². The molecule has 0 unspecified atom stereocenters. The van der Waals surface area contributed by atoms with Crippen molar-refractivity contribution < 1.29 is 14.6 Å². The van der Waals surface area contributed by atoms with Gasteiger partial charge in [0.1, 0.15) is 12.4 Å². The average molecular weight is 336 g/mol. The molecule has 0 atom stereocenters. The highest BCUT2D eigenvalue weighted by Crippen LogP contribution is 2.25. The van der Waals surface area contributed by atoms with Gasteiger partial charge < -0.3 is 9.84 Å². The molecule has 1 N–H and O–H groups in total. The molecule has 0 amide bonds. The third-order valence-electron chi connectivity index (χ3n) is 4.11. The quantitative estimate of drug-likeness (QED) is 0.740. The molecule has 25 heavy (non-hydrogen) atoms. The van der Waals surface area contributed by atoms with Gasteiger partial charge in [-0.3, -0.25) is 4.68 Å². The number of aromatic nitrogens is 2. The summed E-state index contributed by atoms with van der Waals surface area (Å²) in [5, 5.41) is 13.5. The first-order chi connectivity index (χ1) is 12.0. The second-order valence-corrected chi connectivity index (χ2v) is 6.34. The van der Waals surface area contributed by atoms with Crippen molar-refractivity contribution >= 4 is 5.97 Å². The van der Waals surface area contributed by atoms with Crippen LogP contribution in [0.25, 0.3) is 11.1 Å². The van der Waals surface area contributed by atoms with Crippen LogP contribution in [0.3, 0.4) is 0 Å². The van der Waals surface area contributed by atoms with Gasteiger partial charge >= 0.3 is 5.97 Å². The van der Waals surface area contributed by atoms with Crippen molar-refractivity contribution in [2.24, 2.45) is 0 Å². The summed E-state index contributed by atoms with van der Waals surface area (Å²) in [6.45, 7) is 3.75. The van der Waals surface area contributed by atoms with Gasteiger partial charge in [-0.25, -0.2) is 4.79 Å². The fourth-order valence-electron chi connectivity index (χ4n) is 2.36. The van der Waals surface area contributed by atoms with Crippen LogP contribution in [-0.2, 0) is 16.9 Å². The van der Waals surface area contributed by atoms with Crippen LogP contribution in [0.2, 0.25) is 0 Å². The van der Waals surface area contributed by atoms with Crippen LogP contribution in [0.5, 0.6) is 5.75 Å². The van der Waals surface area contributed by atoms with E-state index in [1.54, 1.807) is 26.2 Å². The number of rotatable bonds is 6. The first-order valence-electron chi connectivity index (χ1n) is 8.02. The summed E-state index contributed by atoms with van der Waals surface area (Å²) in [6.07, 6.45) is 3.42. The Balaban J connectivity index is 1.70. The molecule has 0 fully saturated rings. The van der Waals surface area contributed by atoms with E-state index >= 15 is 0 Å². The summed E-state index contributed by atoms with van der Waals surface area (Å²) in [5.74, 6) is -0.141. The normalized spacial score (nSPS) is 11.3. The maximum atomic E-state index is 11.3. The standard InChI is InChI=1S/C20H20N2O3/c1-20(2,19(23)24)22-13-17(12-21-22)16-8-10-18(11-9-16)25-14-15-6-4-3-5-7-15/h3-13H,14H2,1-2H3,(H,23,24). The van der Waals surface area contributed by atoms with E-state index in [9.17, 15) is 9.90 Å². The maximum Gasteiger partial charge on any atom is 0.331 e. The van der Waals surface area contributed by atoms with Crippen LogP contribution < -0.4 is 4.74 Å². The van der Waals surface area contributed by atoms with E-state index in [4.69, 9.17) is 4.74 Å². The maximum absolute atomic E-state index is 11.3. The molecule has 0 aliphatic carbocycles. The van der Waals surface area contributed by atoms with Gasteiger partial charge in [0.05, 0.1) is 6.20 Å². The molecular formula is C20H20N2O3. The fourth-order valence-corrected chi connectivity index (χ4v) is 2.36. The van der Waals surface area contributed by atoms with Crippen molar-refractivity contribution in [3.63, 3.8) is 0 Å². The summed E-state index contributed by atoms with van der Waals surface area (Å²) in [4.78, 5) is 11.3. The number of carboxylic acid groups (broad SMARTS) is 1. The average Bonchev–Trinajstić information content (AvgIpc) is 3.12. The van der Waals surface area contributed by atoms with Gasteiger partial charge in [-0.2, -0.15) is 5.10 Å². The molecule has 2 aromatic carbocycles. The van der Waals surface area contributed by atoms with Gasteiger partial charge in [0.25, 0.3) is 0 Å². The largest absolute Gasteiger partial charge is 0.489 e. The number of carbonyl (C=O) groups is 1. The van der Waals surface area contributed by atoms with Gasteiger partial charge in [0.2, 0.25) is 0 Å². The van der Waals surface area contributed by atoms with E-state index < -0.39 is 11.5 Å². The monoisotopic (exact) mass is 336 g/mol. The molecule has 0 aliphatic heterocycles. The van der Waals surface area contributed by atoms with E-state index in [-0.39, 0.29) is 0 Å². The van der Waals surface area contributed by atoms with Crippen molar-refractivity contribution in [1.82, 2.24) is 9.78 Å². The number of nitrogens with zero attached hydrogens (tertiary/aromatic N) is 2. The number of aliphatic carboxylic acids is 1. The first kappa shape index (κ1) is 16.8. The number of ether oxygens (including phenoxy) is 1. The van der Waals surface area contributed by atoms with Gasteiger partial charge in [-0.05, 0) is 37.1 Å². The molecule has 0 bridgehead atoms. The molecule has 3 aromatic rings. The smallest absolute Gasteiger partial charge is 0.331 e. The van der Waals surface area contributed by atoms with E-state index in [2.05, 4.69) is 5.10 Å². The summed E-state index contributed by atoms with van der Waals surface area (Å²) in [5.41, 5.74) is 1.85. The van der Waals surface area contributed by atoms with Crippen molar-refractivity contribution in [2.45, 2.75) is 26.0 Å².